The minimum Gasteiger partial charge on any atom is -0.479 e. The number of benzene rings is 2. The summed E-state index contributed by atoms with van der Waals surface area (Å²) in [6.07, 6.45) is -1.03. The molecule has 0 bridgehead atoms. The third-order valence-electron chi connectivity index (χ3n) is 2.96. The molecule has 0 radical (unpaired) electrons. The largest absolute Gasteiger partial charge is 0.479 e. The number of aliphatic hydroxyl groups is 1. The van der Waals surface area contributed by atoms with Crippen molar-refractivity contribution in [3.63, 3.8) is 0 Å². The Kier molecular flexibility index (Phi) is 5.24. The second-order valence-electron chi connectivity index (χ2n) is 5.05. The topological polar surface area (TPSA) is 113 Å². The molecule has 2 aromatic carbocycles. The minimum atomic E-state index is -3.72. The van der Waals surface area contributed by atoms with Crippen LogP contribution in [0.1, 0.15) is 11.7 Å². The van der Waals surface area contributed by atoms with Gasteiger partial charge in [-0.2, -0.15) is 0 Å². The molecule has 134 valence electrons. The number of rotatable bonds is 6. The summed E-state index contributed by atoms with van der Waals surface area (Å²) < 4.78 is 56.9. The quantitative estimate of drug-likeness (QED) is 0.716. The molecule has 0 aliphatic carbocycles. The molecule has 2 aromatic rings. The number of aliphatic carboxylic acids is 1. The fourth-order valence-electron chi connectivity index (χ4n) is 1.90. The summed E-state index contributed by atoms with van der Waals surface area (Å²) in [4.78, 5) is 10.9. The van der Waals surface area contributed by atoms with Gasteiger partial charge in [0.05, 0.1) is 11.9 Å². The van der Waals surface area contributed by atoms with E-state index in [2.05, 4.69) is 4.72 Å². The molecule has 0 aromatic heterocycles. The number of hydrogen-bond donors (Lipinski definition) is 3. The maximum atomic E-state index is 13.7. The van der Waals surface area contributed by atoms with Crippen LogP contribution < -0.4 is 9.46 Å². The van der Waals surface area contributed by atoms with Crippen molar-refractivity contribution in [2.75, 3.05) is 11.0 Å². The molecule has 7 nitrogen and oxygen atoms in total. The maximum absolute atomic E-state index is 13.7. The summed E-state index contributed by atoms with van der Waals surface area (Å²) >= 11 is 0. The van der Waals surface area contributed by atoms with Gasteiger partial charge in [-0.3, -0.25) is 4.72 Å². The second-order valence-corrected chi connectivity index (χ2v) is 6.80. The lowest BCUT2D eigenvalue weighted by Crippen LogP contribution is -2.13. The smallest absolute Gasteiger partial charge is 0.337 e. The van der Waals surface area contributed by atoms with Gasteiger partial charge in [-0.15, -0.1) is 0 Å². The van der Waals surface area contributed by atoms with Crippen molar-refractivity contribution < 1.29 is 36.9 Å². The van der Waals surface area contributed by atoms with E-state index < -0.39 is 39.5 Å². The molecule has 0 aliphatic rings. The van der Waals surface area contributed by atoms with Gasteiger partial charge in [-0.1, -0.05) is 6.07 Å². The van der Waals surface area contributed by atoms with Crippen molar-refractivity contribution in [2.24, 2.45) is 0 Å². The van der Waals surface area contributed by atoms with Gasteiger partial charge in [0, 0.05) is 6.07 Å². The van der Waals surface area contributed by atoms with E-state index in [1.807, 2.05) is 0 Å². The van der Waals surface area contributed by atoms with Crippen LogP contribution in [0.25, 0.3) is 0 Å². The van der Waals surface area contributed by atoms with Crippen LogP contribution in [-0.2, 0) is 14.8 Å². The summed E-state index contributed by atoms with van der Waals surface area (Å²) in [6, 6.07) is 5.83. The molecule has 25 heavy (non-hydrogen) atoms. The first-order valence-corrected chi connectivity index (χ1v) is 8.61. The Balaban J connectivity index is 2.49. The molecule has 0 spiro atoms. The molecule has 0 aliphatic heterocycles. The molecule has 10 heteroatoms. The Hall–Kier alpha value is -2.72. The second kappa shape index (κ2) is 7.03. The summed E-state index contributed by atoms with van der Waals surface area (Å²) in [6.45, 7) is 0. The Morgan fingerprint density at radius 2 is 1.84 bits per heavy atom. The average molecular weight is 373 g/mol. The van der Waals surface area contributed by atoms with Crippen LogP contribution in [0.15, 0.2) is 36.4 Å². The monoisotopic (exact) mass is 373 g/mol. The van der Waals surface area contributed by atoms with Crippen LogP contribution in [0, 0.1) is 11.6 Å². The Labute approximate surface area is 141 Å². The zero-order chi connectivity index (χ0) is 18.8. The Bertz CT molecular complexity index is 916. The van der Waals surface area contributed by atoms with Gasteiger partial charge in [-0.05, 0) is 29.8 Å². The number of aliphatic hydroxyl groups excluding tert-OH is 1. The lowest BCUT2D eigenvalue weighted by Gasteiger charge is -2.15. The van der Waals surface area contributed by atoms with E-state index in [0.717, 1.165) is 30.5 Å². The molecule has 0 fully saturated rings. The number of carboxylic acid groups (broad SMARTS) is 1. The lowest BCUT2D eigenvalue weighted by molar-refractivity contribution is -0.146. The number of carboxylic acids is 1. The standard InChI is InChI=1S/C15H13F2NO6S/c1-25(22,23)18-11-4-2-8(14(19)15(20)21)6-13(11)24-12-5-3-9(16)7-10(12)17/h2-7,14,18-19H,1H3,(H,20,21)/t14-/m0/s1. The molecule has 0 saturated carbocycles. The summed E-state index contributed by atoms with van der Waals surface area (Å²) in [5.41, 5.74) is -0.239. The van der Waals surface area contributed by atoms with Crippen molar-refractivity contribution in [1.82, 2.24) is 0 Å². The van der Waals surface area contributed by atoms with Crippen molar-refractivity contribution in [3.8, 4) is 11.5 Å². The fourth-order valence-corrected chi connectivity index (χ4v) is 2.46. The fraction of sp³-hybridized carbons (Fsp3) is 0.133. The number of anilines is 1. The number of nitrogens with one attached hydrogen (secondary N) is 1. The van der Waals surface area contributed by atoms with E-state index in [-0.39, 0.29) is 17.0 Å². The van der Waals surface area contributed by atoms with E-state index >= 15 is 0 Å². The van der Waals surface area contributed by atoms with Crippen molar-refractivity contribution in [3.05, 3.63) is 53.6 Å². The number of ether oxygens (including phenoxy) is 1. The van der Waals surface area contributed by atoms with Crippen LogP contribution in [0.2, 0.25) is 0 Å². The van der Waals surface area contributed by atoms with Crippen LogP contribution in [0.3, 0.4) is 0 Å². The van der Waals surface area contributed by atoms with Crippen LogP contribution in [0.4, 0.5) is 14.5 Å². The highest BCUT2D eigenvalue weighted by atomic mass is 32.2. The normalized spacial score (nSPS) is 12.5. The first kappa shape index (κ1) is 18.6. The first-order chi connectivity index (χ1) is 11.6. The molecule has 0 heterocycles. The van der Waals surface area contributed by atoms with E-state index in [9.17, 15) is 27.1 Å². The average Bonchev–Trinajstić information content (AvgIpc) is 2.49. The SMILES string of the molecule is CS(=O)(=O)Nc1ccc([C@H](O)C(=O)O)cc1Oc1ccc(F)cc1F. The molecular formula is C15H13F2NO6S. The van der Waals surface area contributed by atoms with E-state index in [1.54, 1.807) is 0 Å². The molecule has 0 saturated heterocycles. The van der Waals surface area contributed by atoms with Crippen molar-refractivity contribution >= 4 is 21.7 Å². The van der Waals surface area contributed by atoms with Gasteiger partial charge < -0.3 is 14.9 Å². The highest BCUT2D eigenvalue weighted by Crippen LogP contribution is 2.34. The highest BCUT2D eigenvalue weighted by Gasteiger charge is 2.20. The number of halogens is 2. The maximum Gasteiger partial charge on any atom is 0.337 e. The third kappa shape index (κ3) is 4.88. The molecule has 3 N–H and O–H groups in total. The highest BCUT2D eigenvalue weighted by molar-refractivity contribution is 7.92. The van der Waals surface area contributed by atoms with Crippen molar-refractivity contribution in [2.45, 2.75) is 6.10 Å². The summed E-state index contributed by atoms with van der Waals surface area (Å²) in [5, 5.41) is 18.4. The van der Waals surface area contributed by atoms with Gasteiger partial charge >= 0.3 is 5.97 Å². The molecule has 0 unspecified atom stereocenters. The zero-order valence-electron chi connectivity index (χ0n) is 12.7. The Morgan fingerprint density at radius 3 is 2.40 bits per heavy atom. The third-order valence-corrected chi connectivity index (χ3v) is 3.56. The number of sulfonamides is 1. The Morgan fingerprint density at radius 1 is 1.16 bits per heavy atom. The minimum absolute atomic E-state index is 0.118. The summed E-state index contributed by atoms with van der Waals surface area (Å²) in [5.74, 6) is -4.11. The predicted molar refractivity (Wildman–Crippen MR) is 83.9 cm³/mol. The van der Waals surface area contributed by atoms with E-state index in [1.165, 1.54) is 6.07 Å². The van der Waals surface area contributed by atoms with Gasteiger partial charge in [0.25, 0.3) is 0 Å². The number of carbonyl (C=O) groups is 1. The van der Waals surface area contributed by atoms with Gasteiger partial charge in [0.2, 0.25) is 10.0 Å². The van der Waals surface area contributed by atoms with Crippen LogP contribution >= 0.6 is 0 Å². The summed E-state index contributed by atoms with van der Waals surface area (Å²) in [7, 11) is -3.72. The molecule has 1 atom stereocenters. The van der Waals surface area contributed by atoms with Crippen LogP contribution in [0.5, 0.6) is 11.5 Å². The zero-order valence-corrected chi connectivity index (χ0v) is 13.5. The first-order valence-electron chi connectivity index (χ1n) is 6.72. The van der Waals surface area contributed by atoms with E-state index in [4.69, 9.17) is 9.84 Å². The predicted octanol–water partition coefficient (Wildman–Crippen LogP) is 2.25. The van der Waals surface area contributed by atoms with Crippen molar-refractivity contribution in [1.29, 1.82) is 0 Å². The van der Waals surface area contributed by atoms with Gasteiger partial charge in [-0.25, -0.2) is 22.0 Å². The molecule has 2 rings (SSSR count). The van der Waals surface area contributed by atoms with E-state index in [0.29, 0.717) is 6.07 Å². The number of hydrogen-bond acceptors (Lipinski definition) is 5. The van der Waals surface area contributed by atoms with Gasteiger partial charge in [0.15, 0.2) is 23.4 Å². The lowest BCUT2D eigenvalue weighted by atomic mass is 10.1. The van der Waals surface area contributed by atoms with Crippen LogP contribution in [-0.4, -0.2) is 30.9 Å². The van der Waals surface area contributed by atoms with Gasteiger partial charge in [0.1, 0.15) is 5.82 Å². The molecule has 0 amide bonds. The molecular weight excluding hydrogens is 360 g/mol.